The first-order valence-corrected chi connectivity index (χ1v) is 6.99. The molecule has 2 aromatic carbocycles. The van der Waals surface area contributed by atoms with Gasteiger partial charge in [-0.1, -0.05) is 30.3 Å². The van der Waals surface area contributed by atoms with Crippen LogP contribution < -0.4 is 10.6 Å². The Hall–Kier alpha value is -2.93. The molecule has 1 unspecified atom stereocenters. The van der Waals surface area contributed by atoms with E-state index in [4.69, 9.17) is 0 Å². The van der Waals surface area contributed by atoms with Gasteiger partial charge in [0.15, 0.2) is 0 Å². The molecule has 0 bridgehead atoms. The average Bonchev–Trinajstić information content (AvgIpc) is 2.59. The maximum atomic E-state index is 11.6. The lowest BCUT2D eigenvalue weighted by atomic mass is 10.1. The third kappa shape index (κ3) is 3.83. The van der Waals surface area contributed by atoms with Crippen molar-refractivity contribution in [3.63, 3.8) is 0 Å². The zero-order valence-electron chi connectivity index (χ0n) is 12.5. The van der Waals surface area contributed by atoms with E-state index in [9.17, 15) is 20.0 Å². The molecule has 0 radical (unpaired) electrons. The lowest BCUT2D eigenvalue weighted by Gasteiger charge is -2.18. The fraction of sp³-hybridized carbons (Fsp3) is 0.188. The molecule has 0 aromatic heterocycles. The zero-order valence-corrected chi connectivity index (χ0v) is 12.5. The van der Waals surface area contributed by atoms with Crippen LogP contribution in [0.25, 0.3) is 0 Å². The monoisotopic (exact) mass is 315 g/mol. The molecule has 1 atom stereocenters. The minimum Gasteiger partial charge on any atom is -0.394 e. The highest BCUT2D eigenvalue weighted by atomic mass is 16.6. The number of benzene rings is 2. The van der Waals surface area contributed by atoms with Crippen molar-refractivity contribution in [2.24, 2.45) is 0 Å². The van der Waals surface area contributed by atoms with Crippen molar-refractivity contribution >= 4 is 17.3 Å². The zero-order chi connectivity index (χ0) is 16.8. The molecule has 0 heterocycles. The molecular weight excluding hydrogens is 298 g/mol. The molecule has 2 rings (SSSR count). The van der Waals surface area contributed by atoms with Gasteiger partial charge in [-0.15, -0.1) is 0 Å². The first-order valence-electron chi connectivity index (χ1n) is 6.99. The van der Waals surface area contributed by atoms with Crippen LogP contribution in [-0.4, -0.2) is 29.6 Å². The van der Waals surface area contributed by atoms with Gasteiger partial charge in [0.2, 0.25) is 0 Å². The Labute approximate surface area is 133 Å². The average molecular weight is 315 g/mol. The maximum absolute atomic E-state index is 11.6. The van der Waals surface area contributed by atoms with Crippen LogP contribution >= 0.6 is 0 Å². The summed E-state index contributed by atoms with van der Waals surface area (Å²) in [6, 6.07) is 12.8. The van der Waals surface area contributed by atoms with E-state index in [1.54, 1.807) is 0 Å². The lowest BCUT2D eigenvalue weighted by Crippen LogP contribution is -2.19. The van der Waals surface area contributed by atoms with Gasteiger partial charge in [0.25, 0.3) is 11.6 Å². The van der Waals surface area contributed by atoms with Crippen LogP contribution in [0.3, 0.4) is 0 Å². The fourth-order valence-corrected chi connectivity index (χ4v) is 2.20. The van der Waals surface area contributed by atoms with E-state index in [0.29, 0.717) is 0 Å². The first kappa shape index (κ1) is 16.4. The minimum absolute atomic E-state index is 0.199. The van der Waals surface area contributed by atoms with Gasteiger partial charge in [0, 0.05) is 18.7 Å². The standard InChI is InChI=1S/C16H17N3O4/c1-17-16(21)12-7-8-13(15(9-12)19(22)23)18-14(10-20)11-5-3-2-4-6-11/h2-9,14,18,20H,10H2,1H3,(H,17,21). The molecule has 120 valence electrons. The first-order chi connectivity index (χ1) is 11.1. The Morgan fingerprint density at radius 2 is 1.96 bits per heavy atom. The van der Waals surface area contributed by atoms with Gasteiger partial charge in [-0.3, -0.25) is 14.9 Å². The highest BCUT2D eigenvalue weighted by molar-refractivity contribution is 5.95. The van der Waals surface area contributed by atoms with E-state index in [1.165, 1.54) is 25.2 Å². The Morgan fingerprint density at radius 1 is 1.26 bits per heavy atom. The molecule has 7 nitrogen and oxygen atoms in total. The van der Waals surface area contributed by atoms with Crippen molar-refractivity contribution in [1.29, 1.82) is 0 Å². The van der Waals surface area contributed by atoms with Crippen LogP contribution in [0.2, 0.25) is 0 Å². The predicted molar refractivity (Wildman–Crippen MR) is 86.4 cm³/mol. The number of carbonyl (C=O) groups is 1. The van der Waals surface area contributed by atoms with Crippen LogP contribution in [-0.2, 0) is 0 Å². The number of hydrogen-bond acceptors (Lipinski definition) is 5. The van der Waals surface area contributed by atoms with Crippen LogP contribution in [0.1, 0.15) is 22.0 Å². The van der Waals surface area contributed by atoms with Crippen LogP contribution in [0.15, 0.2) is 48.5 Å². The quantitative estimate of drug-likeness (QED) is 0.559. The summed E-state index contributed by atoms with van der Waals surface area (Å²) in [4.78, 5) is 22.3. The van der Waals surface area contributed by atoms with E-state index >= 15 is 0 Å². The SMILES string of the molecule is CNC(=O)c1ccc(NC(CO)c2ccccc2)c([N+](=O)[O-])c1. The number of nitro benzene ring substituents is 1. The van der Waals surface area contributed by atoms with E-state index in [2.05, 4.69) is 10.6 Å². The summed E-state index contributed by atoms with van der Waals surface area (Å²) < 4.78 is 0. The molecule has 0 saturated carbocycles. The molecule has 0 aliphatic rings. The highest BCUT2D eigenvalue weighted by Crippen LogP contribution is 2.29. The summed E-state index contributed by atoms with van der Waals surface area (Å²) in [5, 5.41) is 26.2. The summed E-state index contributed by atoms with van der Waals surface area (Å²) in [5.41, 5.74) is 1.02. The van der Waals surface area contributed by atoms with Crippen LogP contribution in [0, 0.1) is 10.1 Å². The van der Waals surface area contributed by atoms with Gasteiger partial charge >= 0.3 is 0 Å². The normalized spacial score (nSPS) is 11.6. The summed E-state index contributed by atoms with van der Waals surface area (Å²) in [6.45, 7) is -0.224. The molecule has 3 N–H and O–H groups in total. The predicted octanol–water partition coefficient (Wildman–Crippen LogP) is 2.10. The summed E-state index contributed by atoms with van der Waals surface area (Å²) >= 11 is 0. The molecule has 23 heavy (non-hydrogen) atoms. The molecule has 0 saturated heterocycles. The maximum Gasteiger partial charge on any atom is 0.293 e. The lowest BCUT2D eigenvalue weighted by molar-refractivity contribution is -0.384. The van der Waals surface area contributed by atoms with Crippen molar-refractivity contribution in [2.45, 2.75) is 6.04 Å². The molecule has 0 aliphatic heterocycles. The number of nitro groups is 1. The van der Waals surface area contributed by atoms with Crippen molar-refractivity contribution in [2.75, 3.05) is 19.0 Å². The van der Waals surface area contributed by atoms with Gasteiger partial charge < -0.3 is 15.7 Å². The van der Waals surface area contributed by atoms with Gasteiger partial charge in [-0.05, 0) is 17.7 Å². The fourth-order valence-electron chi connectivity index (χ4n) is 2.20. The molecule has 0 spiro atoms. The Bertz CT molecular complexity index is 704. The molecule has 0 fully saturated rings. The minimum atomic E-state index is -0.561. The Morgan fingerprint density at radius 3 is 2.52 bits per heavy atom. The van der Waals surface area contributed by atoms with Crippen LogP contribution in [0.4, 0.5) is 11.4 Å². The number of aliphatic hydroxyl groups excluding tert-OH is 1. The van der Waals surface area contributed by atoms with Crippen molar-refractivity contribution in [3.8, 4) is 0 Å². The molecule has 1 amide bonds. The highest BCUT2D eigenvalue weighted by Gasteiger charge is 2.20. The van der Waals surface area contributed by atoms with Gasteiger partial charge in [0.05, 0.1) is 17.6 Å². The number of nitrogens with zero attached hydrogens (tertiary/aromatic N) is 1. The van der Waals surface area contributed by atoms with Crippen molar-refractivity contribution in [3.05, 3.63) is 69.8 Å². The van der Waals surface area contributed by atoms with Crippen LogP contribution in [0.5, 0.6) is 0 Å². The van der Waals surface area contributed by atoms with Crippen molar-refractivity contribution < 1.29 is 14.8 Å². The van der Waals surface area contributed by atoms with Gasteiger partial charge in [0.1, 0.15) is 5.69 Å². The molecule has 0 aliphatic carbocycles. The smallest absolute Gasteiger partial charge is 0.293 e. The van der Waals surface area contributed by atoms with Gasteiger partial charge in [-0.25, -0.2) is 0 Å². The summed E-state index contributed by atoms with van der Waals surface area (Å²) in [6.07, 6.45) is 0. The second-order valence-corrected chi connectivity index (χ2v) is 4.86. The number of aliphatic hydroxyl groups is 1. The largest absolute Gasteiger partial charge is 0.394 e. The topological polar surface area (TPSA) is 104 Å². The molecular formula is C16H17N3O4. The van der Waals surface area contributed by atoms with E-state index < -0.39 is 16.9 Å². The number of anilines is 1. The van der Waals surface area contributed by atoms with Crippen molar-refractivity contribution in [1.82, 2.24) is 5.32 Å². The van der Waals surface area contributed by atoms with E-state index in [-0.39, 0.29) is 23.5 Å². The number of hydrogen-bond donors (Lipinski definition) is 3. The summed E-state index contributed by atoms with van der Waals surface area (Å²) in [7, 11) is 1.46. The molecule has 2 aromatic rings. The number of carbonyl (C=O) groups excluding carboxylic acids is 1. The Kier molecular flexibility index (Phi) is 5.27. The number of rotatable bonds is 6. The number of amides is 1. The molecule has 7 heteroatoms. The second kappa shape index (κ2) is 7.37. The second-order valence-electron chi connectivity index (χ2n) is 4.86. The number of nitrogens with one attached hydrogen (secondary N) is 2. The van der Waals surface area contributed by atoms with E-state index in [1.807, 2.05) is 30.3 Å². The third-order valence-electron chi connectivity index (χ3n) is 3.40. The third-order valence-corrected chi connectivity index (χ3v) is 3.40. The Balaban J connectivity index is 2.35. The van der Waals surface area contributed by atoms with Gasteiger partial charge in [-0.2, -0.15) is 0 Å². The summed E-state index contributed by atoms with van der Waals surface area (Å²) in [5.74, 6) is -0.401. The van der Waals surface area contributed by atoms with E-state index in [0.717, 1.165) is 5.56 Å².